The van der Waals surface area contributed by atoms with Crippen LogP contribution in [0, 0.1) is 5.92 Å². The van der Waals surface area contributed by atoms with Crippen LogP contribution in [-0.2, 0) is 0 Å². The Bertz CT molecular complexity index is 160. The normalized spacial score (nSPS) is 14.6. The summed E-state index contributed by atoms with van der Waals surface area (Å²) in [5.74, 6) is 0.618. The van der Waals surface area contributed by atoms with E-state index < -0.39 is 0 Å². The molecule has 1 unspecified atom stereocenters. The Morgan fingerprint density at radius 1 is 1.40 bits per heavy atom. The maximum Gasteiger partial charge on any atom is 0.0609 e. The molecule has 0 aliphatic heterocycles. The van der Waals surface area contributed by atoms with Crippen molar-refractivity contribution in [3.05, 3.63) is 0 Å². The molecular formula is C12H28N2O. The lowest BCUT2D eigenvalue weighted by molar-refractivity contribution is 0.0683. The van der Waals surface area contributed by atoms with E-state index in [0.29, 0.717) is 5.92 Å². The summed E-state index contributed by atoms with van der Waals surface area (Å²) >= 11 is 0. The van der Waals surface area contributed by atoms with Crippen LogP contribution in [0.1, 0.15) is 34.1 Å². The standard InChI is InChI=1S/C12H28N2O/c1-6-7-13-8-11(2)9-14(5)12(3,4)10-15/h11,13,15H,6-10H2,1-5H3. The van der Waals surface area contributed by atoms with E-state index >= 15 is 0 Å². The molecule has 0 bridgehead atoms. The van der Waals surface area contributed by atoms with E-state index in [1.54, 1.807) is 0 Å². The van der Waals surface area contributed by atoms with Crippen molar-refractivity contribution >= 4 is 0 Å². The molecule has 0 aliphatic carbocycles. The highest BCUT2D eigenvalue weighted by Crippen LogP contribution is 2.12. The first kappa shape index (κ1) is 14.9. The molecular weight excluding hydrogens is 188 g/mol. The molecule has 1 atom stereocenters. The summed E-state index contributed by atoms with van der Waals surface area (Å²) in [5, 5.41) is 12.7. The third kappa shape index (κ3) is 6.13. The van der Waals surface area contributed by atoms with E-state index in [1.807, 2.05) is 0 Å². The van der Waals surface area contributed by atoms with Crippen LogP contribution in [0.25, 0.3) is 0 Å². The Labute approximate surface area is 94.9 Å². The Balaban J connectivity index is 3.80. The van der Waals surface area contributed by atoms with Crippen LogP contribution in [0.2, 0.25) is 0 Å². The van der Waals surface area contributed by atoms with Gasteiger partial charge >= 0.3 is 0 Å². The fourth-order valence-corrected chi connectivity index (χ4v) is 1.43. The van der Waals surface area contributed by atoms with E-state index in [4.69, 9.17) is 0 Å². The second kappa shape index (κ2) is 7.20. The molecule has 15 heavy (non-hydrogen) atoms. The number of hydrogen-bond donors (Lipinski definition) is 2. The lowest BCUT2D eigenvalue weighted by Crippen LogP contribution is -2.47. The molecule has 0 aromatic heterocycles. The molecule has 0 heterocycles. The maximum atomic E-state index is 9.23. The van der Waals surface area contributed by atoms with Crippen LogP contribution in [0.4, 0.5) is 0 Å². The molecule has 0 saturated carbocycles. The van der Waals surface area contributed by atoms with Crippen molar-refractivity contribution in [2.24, 2.45) is 5.92 Å². The van der Waals surface area contributed by atoms with Gasteiger partial charge in [0.25, 0.3) is 0 Å². The largest absolute Gasteiger partial charge is 0.394 e. The van der Waals surface area contributed by atoms with Gasteiger partial charge in [0.15, 0.2) is 0 Å². The SMILES string of the molecule is CCCNCC(C)CN(C)C(C)(C)CO. The Hall–Kier alpha value is -0.120. The Morgan fingerprint density at radius 2 is 2.00 bits per heavy atom. The van der Waals surface area contributed by atoms with E-state index in [-0.39, 0.29) is 12.1 Å². The van der Waals surface area contributed by atoms with Gasteiger partial charge in [-0.1, -0.05) is 13.8 Å². The van der Waals surface area contributed by atoms with Crippen LogP contribution < -0.4 is 5.32 Å². The number of rotatable bonds is 8. The predicted molar refractivity (Wildman–Crippen MR) is 66.1 cm³/mol. The van der Waals surface area contributed by atoms with Crippen LogP contribution in [0.5, 0.6) is 0 Å². The zero-order chi connectivity index (χ0) is 11.9. The van der Waals surface area contributed by atoms with Crippen molar-refractivity contribution in [3.8, 4) is 0 Å². The predicted octanol–water partition coefficient (Wildman–Crippen LogP) is 1.32. The first-order chi connectivity index (χ1) is 6.94. The molecule has 0 radical (unpaired) electrons. The summed E-state index contributed by atoms with van der Waals surface area (Å²) in [6, 6.07) is 0. The maximum absolute atomic E-state index is 9.23. The average Bonchev–Trinajstić information content (AvgIpc) is 2.18. The summed E-state index contributed by atoms with van der Waals surface area (Å²) in [6.07, 6.45) is 1.19. The third-order valence-corrected chi connectivity index (χ3v) is 2.93. The molecule has 0 fully saturated rings. The number of aliphatic hydroxyl groups is 1. The number of likely N-dealkylation sites (N-methyl/N-ethyl adjacent to an activating group) is 1. The Morgan fingerprint density at radius 3 is 2.47 bits per heavy atom. The van der Waals surface area contributed by atoms with Crippen LogP contribution >= 0.6 is 0 Å². The van der Waals surface area contributed by atoms with E-state index in [0.717, 1.165) is 19.6 Å². The van der Waals surface area contributed by atoms with E-state index in [2.05, 4.69) is 45.0 Å². The van der Waals surface area contributed by atoms with Crippen molar-refractivity contribution in [1.29, 1.82) is 0 Å². The van der Waals surface area contributed by atoms with Crippen molar-refractivity contribution in [2.45, 2.75) is 39.7 Å². The highest BCUT2D eigenvalue weighted by atomic mass is 16.3. The van der Waals surface area contributed by atoms with Crippen LogP contribution in [0.15, 0.2) is 0 Å². The van der Waals surface area contributed by atoms with Crippen molar-refractivity contribution in [2.75, 3.05) is 33.3 Å². The number of nitrogens with one attached hydrogen (secondary N) is 1. The Kier molecular flexibility index (Phi) is 7.14. The molecule has 3 heteroatoms. The minimum absolute atomic E-state index is 0.112. The number of aliphatic hydroxyl groups excluding tert-OH is 1. The summed E-state index contributed by atoms with van der Waals surface area (Å²) < 4.78 is 0. The molecule has 0 aromatic carbocycles. The molecule has 0 spiro atoms. The average molecular weight is 216 g/mol. The zero-order valence-corrected chi connectivity index (χ0v) is 11.0. The fourth-order valence-electron chi connectivity index (χ4n) is 1.43. The first-order valence-electron chi connectivity index (χ1n) is 5.96. The van der Waals surface area contributed by atoms with Gasteiger partial charge in [0.2, 0.25) is 0 Å². The summed E-state index contributed by atoms with van der Waals surface area (Å²) in [4.78, 5) is 2.23. The monoisotopic (exact) mass is 216 g/mol. The number of hydrogen-bond acceptors (Lipinski definition) is 3. The van der Waals surface area contributed by atoms with E-state index in [1.165, 1.54) is 6.42 Å². The van der Waals surface area contributed by atoms with Gasteiger partial charge in [-0.2, -0.15) is 0 Å². The second-order valence-corrected chi connectivity index (χ2v) is 5.16. The lowest BCUT2D eigenvalue weighted by atomic mass is 10.0. The van der Waals surface area contributed by atoms with Gasteiger partial charge in [-0.25, -0.2) is 0 Å². The van der Waals surface area contributed by atoms with E-state index in [9.17, 15) is 5.11 Å². The quantitative estimate of drug-likeness (QED) is 0.601. The molecule has 2 N–H and O–H groups in total. The van der Waals surface area contributed by atoms with Crippen molar-refractivity contribution in [3.63, 3.8) is 0 Å². The van der Waals surface area contributed by atoms with Crippen LogP contribution in [-0.4, -0.2) is 48.8 Å². The molecule has 0 saturated heterocycles. The highest BCUT2D eigenvalue weighted by Gasteiger charge is 2.23. The molecule has 0 rings (SSSR count). The van der Waals surface area contributed by atoms with Gasteiger partial charge in [0, 0.05) is 12.1 Å². The third-order valence-electron chi connectivity index (χ3n) is 2.93. The molecule has 0 amide bonds. The van der Waals surface area contributed by atoms with Gasteiger partial charge in [0.05, 0.1) is 6.61 Å². The highest BCUT2D eigenvalue weighted by molar-refractivity contribution is 4.79. The van der Waals surface area contributed by atoms with Crippen LogP contribution in [0.3, 0.4) is 0 Å². The topological polar surface area (TPSA) is 35.5 Å². The van der Waals surface area contributed by atoms with Gasteiger partial charge in [-0.05, 0) is 46.3 Å². The summed E-state index contributed by atoms with van der Waals surface area (Å²) in [6.45, 7) is 11.9. The molecule has 3 nitrogen and oxygen atoms in total. The zero-order valence-electron chi connectivity index (χ0n) is 11.0. The minimum atomic E-state index is -0.112. The first-order valence-corrected chi connectivity index (χ1v) is 5.96. The summed E-state index contributed by atoms with van der Waals surface area (Å²) in [5.41, 5.74) is -0.112. The van der Waals surface area contributed by atoms with Gasteiger partial charge in [-0.15, -0.1) is 0 Å². The smallest absolute Gasteiger partial charge is 0.0609 e. The van der Waals surface area contributed by atoms with Crippen molar-refractivity contribution < 1.29 is 5.11 Å². The second-order valence-electron chi connectivity index (χ2n) is 5.16. The van der Waals surface area contributed by atoms with Gasteiger partial charge < -0.3 is 10.4 Å². The van der Waals surface area contributed by atoms with Crippen molar-refractivity contribution in [1.82, 2.24) is 10.2 Å². The molecule has 0 aromatic rings. The summed E-state index contributed by atoms with van der Waals surface area (Å²) in [7, 11) is 2.08. The molecule has 0 aliphatic rings. The van der Waals surface area contributed by atoms with Gasteiger partial charge in [-0.3, -0.25) is 4.90 Å². The number of nitrogens with zero attached hydrogens (tertiary/aromatic N) is 1. The lowest BCUT2D eigenvalue weighted by Gasteiger charge is -2.35. The fraction of sp³-hybridized carbons (Fsp3) is 1.00. The molecule has 92 valence electrons. The van der Waals surface area contributed by atoms with Gasteiger partial charge in [0.1, 0.15) is 0 Å². The minimum Gasteiger partial charge on any atom is -0.394 e.